The average Bonchev–Trinajstić information content (AvgIpc) is 2.47. The van der Waals surface area contributed by atoms with Crippen molar-refractivity contribution >= 4 is 27.8 Å². The summed E-state index contributed by atoms with van der Waals surface area (Å²) in [6, 6.07) is 10.7. The van der Waals surface area contributed by atoms with E-state index in [4.69, 9.17) is 9.29 Å². The lowest BCUT2D eigenvalue weighted by Crippen LogP contribution is -2.13. The van der Waals surface area contributed by atoms with Crippen LogP contribution >= 0.6 is 11.8 Å². The first-order chi connectivity index (χ1) is 10.4. The summed E-state index contributed by atoms with van der Waals surface area (Å²) < 4.78 is 36.6. The fourth-order valence-corrected chi connectivity index (χ4v) is 3.13. The molecule has 0 atom stereocenters. The maximum absolute atomic E-state index is 11.9. The number of hydrogen-bond acceptors (Lipinski definition) is 6. The first-order valence-corrected chi connectivity index (χ1v) is 8.55. The minimum Gasteiger partial charge on any atom is -0.462 e. The molecule has 8 heteroatoms. The van der Waals surface area contributed by atoms with Crippen LogP contribution in [-0.2, 0) is 14.9 Å². The maximum atomic E-state index is 11.9. The van der Waals surface area contributed by atoms with Gasteiger partial charge in [-0.05, 0) is 25.1 Å². The molecular formula is C14H13NO5S2. The van der Waals surface area contributed by atoms with E-state index in [2.05, 4.69) is 4.98 Å². The second kappa shape index (κ2) is 6.91. The predicted molar refractivity (Wildman–Crippen MR) is 80.6 cm³/mol. The third-order valence-electron chi connectivity index (χ3n) is 2.54. The fourth-order valence-electron chi connectivity index (χ4n) is 1.67. The molecule has 0 bridgehead atoms. The molecule has 0 amide bonds. The normalized spacial score (nSPS) is 11.2. The van der Waals surface area contributed by atoms with E-state index in [1.165, 1.54) is 24.0 Å². The van der Waals surface area contributed by atoms with Crippen LogP contribution in [0, 0.1) is 0 Å². The van der Waals surface area contributed by atoms with Gasteiger partial charge in [0.15, 0.2) is 5.03 Å². The van der Waals surface area contributed by atoms with Gasteiger partial charge in [0.25, 0.3) is 0 Å². The minimum absolute atomic E-state index is 0.0831. The smallest absolute Gasteiger partial charge is 0.341 e. The molecule has 1 aromatic heterocycles. The number of esters is 1. The highest BCUT2D eigenvalue weighted by Crippen LogP contribution is 2.29. The number of carbonyl (C=O) groups excluding carboxylic acids is 1. The molecule has 0 saturated carbocycles. The van der Waals surface area contributed by atoms with E-state index in [-0.39, 0.29) is 12.2 Å². The van der Waals surface area contributed by atoms with Gasteiger partial charge in [0.2, 0.25) is 0 Å². The molecule has 0 radical (unpaired) electrons. The summed E-state index contributed by atoms with van der Waals surface area (Å²) in [6.45, 7) is 1.68. The van der Waals surface area contributed by atoms with Gasteiger partial charge in [0, 0.05) is 16.0 Å². The van der Waals surface area contributed by atoms with Crippen LogP contribution in [-0.4, -0.2) is 30.5 Å². The number of benzene rings is 1. The van der Waals surface area contributed by atoms with Gasteiger partial charge in [-0.3, -0.25) is 4.55 Å². The van der Waals surface area contributed by atoms with Crippen molar-refractivity contribution in [3.05, 3.63) is 48.2 Å². The van der Waals surface area contributed by atoms with Crippen molar-refractivity contribution in [2.45, 2.75) is 21.7 Å². The Balaban J connectivity index is 2.43. The van der Waals surface area contributed by atoms with Crippen LogP contribution in [0.25, 0.3) is 0 Å². The van der Waals surface area contributed by atoms with Crippen LogP contribution in [0.3, 0.4) is 0 Å². The Hall–Kier alpha value is -1.90. The second-order valence-corrected chi connectivity index (χ2v) is 6.62. The molecule has 1 heterocycles. The molecule has 2 aromatic rings. The van der Waals surface area contributed by atoms with Crippen molar-refractivity contribution in [1.29, 1.82) is 0 Å². The molecule has 0 saturated heterocycles. The highest BCUT2D eigenvalue weighted by molar-refractivity contribution is 7.99. The van der Waals surface area contributed by atoms with Crippen LogP contribution < -0.4 is 0 Å². The third-order valence-corrected chi connectivity index (χ3v) is 4.33. The van der Waals surface area contributed by atoms with Gasteiger partial charge in [-0.1, -0.05) is 30.0 Å². The van der Waals surface area contributed by atoms with Crippen LogP contribution in [0.2, 0.25) is 0 Å². The molecule has 116 valence electrons. The van der Waals surface area contributed by atoms with Crippen molar-refractivity contribution in [3.63, 3.8) is 0 Å². The Morgan fingerprint density at radius 1 is 1.27 bits per heavy atom. The highest BCUT2D eigenvalue weighted by Gasteiger charge is 2.24. The van der Waals surface area contributed by atoms with Crippen molar-refractivity contribution in [2.75, 3.05) is 6.61 Å². The molecule has 6 nitrogen and oxygen atoms in total. The minimum atomic E-state index is -4.61. The van der Waals surface area contributed by atoms with Crippen molar-refractivity contribution < 1.29 is 22.5 Å². The summed E-state index contributed by atoms with van der Waals surface area (Å²) in [4.78, 5) is 17.0. The molecule has 0 aliphatic rings. The number of aromatic nitrogens is 1. The van der Waals surface area contributed by atoms with Crippen molar-refractivity contribution in [2.24, 2.45) is 0 Å². The van der Waals surface area contributed by atoms with Gasteiger partial charge in [-0.15, -0.1) is 0 Å². The Bertz CT molecular complexity index is 775. The molecule has 0 unspecified atom stereocenters. The van der Waals surface area contributed by atoms with Gasteiger partial charge in [-0.25, -0.2) is 9.78 Å². The topological polar surface area (TPSA) is 93.6 Å². The van der Waals surface area contributed by atoms with Crippen LogP contribution in [0.4, 0.5) is 0 Å². The zero-order valence-corrected chi connectivity index (χ0v) is 13.2. The molecule has 0 fully saturated rings. The van der Waals surface area contributed by atoms with E-state index in [0.717, 1.165) is 4.90 Å². The number of carbonyl (C=O) groups is 1. The lowest BCUT2D eigenvalue weighted by molar-refractivity contribution is 0.0520. The van der Waals surface area contributed by atoms with E-state index in [1.54, 1.807) is 6.92 Å². The summed E-state index contributed by atoms with van der Waals surface area (Å²) in [7, 11) is -4.61. The summed E-state index contributed by atoms with van der Waals surface area (Å²) in [5, 5.41) is -0.705. The van der Waals surface area contributed by atoms with E-state index in [9.17, 15) is 13.2 Å². The van der Waals surface area contributed by atoms with Crippen molar-refractivity contribution in [3.8, 4) is 0 Å². The standard InChI is InChI=1S/C14H13NO5S2/c1-2-20-14(16)12-8-11(9-15-13(12)22(17,18)19)21-10-6-4-3-5-7-10/h3-9H,2H2,1H3,(H,17,18,19). The summed E-state index contributed by atoms with van der Waals surface area (Å²) in [5.74, 6) is -0.849. The van der Waals surface area contributed by atoms with E-state index >= 15 is 0 Å². The zero-order chi connectivity index (χ0) is 16.2. The third kappa shape index (κ3) is 4.06. The fraction of sp³-hybridized carbons (Fsp3) is 0.143. The Morgan fingerprint density at radius 2 is 1.95 bits per heavy atom. The molecule has 0 spiro atoms. The molecule has 2 rings (SSSR count). The van der Waals surface area contributed by atoms with E-state index < -0.39 is 21.1 Å². The largest absolute Gasteiger partial charge is 0.462 e. The molecule has 0 aliphatic heterocycles. The van der Waals surface area contributed by atoms with Crippen LogP contribution in [0.5, 0.6) is 0 Å². The Kier molecular flexibility index (Phi) is 5.17. The summed E-state index contributed by atoms with van der Waals surface area (Å²) >= 11 is 1.31. The first kappa shape index (κ1) is 16.5. The first-order valence-electron chi connectivity index (χ1n) is 6.29. The maximum Gasteiger partial charge on any atom is 0.341 e. The predicted octanol–water partition coefficient (Wildman–Crippen LogP) is 2.66. The zero-order valence-electron chi connectivity index (χ0n) is 11.6. The lowest BCUT2D eigenvalue weighted by atomic mass is 10.3. The van der Waals surface area contributed by atoms with Gasteiger partial charge < -0.3 is 4.74 Å². The van der Waals surface area contributed by atoms with Gasteiger partial charge in [-0.2, -0.15) is 8.42 Å². The average molecular weight is 339 g/mol. The quantitative estimate of drug-likeness (QED) is 0.661. The Labute approximate surface area is 132 Å². The Morgan fingerprint density at radius 3 is 2.55 bits per heavy atom. The highest BCUT2D eigenvalue weighted by atomic mass is 32.2. The molecule has 1 aromatic carbocycles. The van der Waals surface area contributed by atoms with Gasteiger partial charge in [0.1, 0.15) is 5.56 Å². The number of pyridine rings is 1. The number of rotatable bonds is 5. The van der Waals surface area contributed by atoms with Crippen LogP contribution in [0.1, 0.15) is 17.3 Å². The molecule has 22 heavy (non-hydrogen) atoms. The number of nitrogens with zero attached hydrogens (tertiary/aromatic N) is 1. The summed E-state index contributed by atoms with van der Waals surface area (Å²) in [5.41, 5.74) is -0.287. The molecule has 1 N–H and O–H groups in total. The second-order valence-electron chi connectivity index (χ2n) is 4.13. The number of ether oxygens (including phenoxy) is 1. The van der Waals surface area contributed by atoms with Crippen molar-refractivity contribution in [1.82, 2.24) is 4.98 Å². The van der Waals surface area contributed by atoms with Crippen LogP contribution in [0.15, 0.2) is 57.4 Å². The lowest BCUT2D eigenvalue weighted by Gasteiger charge is -2.08. The monoisotopic (exact) mass is 339 g/mol. The van der Waals surface area contributed by atoms with Gasteiger partial charge in [0.05, 0.1) is 6.61 Å². The SMILES string of the molecule is CCOC(=O)c1cc(Sc2ccccc2)cnc1S(=O)(=O)O. The molecular weight excluding hydrogens is 326 g/mol. The number of hydrogen-bond donors (Lipinski definition) is 1. The van der Waals surface area contributed by atoms with Gasteiger partial charge >= 0.3 is 16.1 Å². The summed E-state index contributed by atoms with van der Waals surface area (Å²) in [6.07, 6.45) is 1.28. The molecule has 0 aliphatic carbocycles. The van der Waals surface area contributed by atoms with E-state index in [1.807, 2.05) is 30.3 Å². The van der Waals surface area contributed by atoms with E-state index in [0.29, 0.717) is 4.90 Å².